The first kappa shape index (κ1) is 11.2. The SMILES string of the molecule is CC(C=O)Cc1ccc(Br)c(I)c1. The lowest BCUT2D eigenvalue weighted by molar-refractivity contribution is -0.110. The van der Waals surface area contributed by atoms with Crippen molar-refractivity contribution in [3.8, 4) is 0 Å². The molecule has 0 amide bonds. The molecule has 1 rings (SSSR count). The zero-order chi connectivity index (χ0) is 9.84. The molecule has 0 fully saturated rings. The van der Waals surface area contributed by atoms with Crippen molar-refractivity contribution >= 4 is 44.8 Å². The van der Waals surface area contributed by atoms with Gasteiger partial charge in [-0.1, -0.05) is 13.0 Å². The molecule has 0 aliphatic rings. The van der Waals surface area contributed by atoms with Gasteiger partial charge in [-0.2, -0.15) is 0 Å². The zero-order valence-electron chi connectivity index (χ0n) is 7.26. The largest absolute Gasteiger partial charge is 0.303 e. The zero-order valence-corrected chi connectivity index (χ0v) is 11.0. The molecule has 0 saturated carbocycles. The van der Waals surface area contributed by atoms with Crippen molar-refractivity contribution in [1.29, 1.82) is 0 Å². The molecule has 0 radical (unpaired) electrons. The third kappa shape index (κ3) is 3.38. The lowest BCUT2D eigenvalue weighted by Crippen LogP contribution is -2.00. The molecule has 70 valence electrons. The fraction of sp³-hybridized carbons (Fsp3) is 0.300. The number of benzene rings is 1. The van der Waals surface area contributed by atoms with E-state index in [9.17, 15) is 4.79 Å². The van der Waals surface area contributed by atoms with Gasteiger partial charge in [-0.15, -0.1) is 0 Å². The van der Waals surface area contributed by atoms with Crippen molar-refractivity contribution in [1.82, 2.24) is 0 Å². The predicted molar refractivity (Wildman–Crippen MR) is 65.8 cm³/mol. The molecule has 1 aromatic carbocycles. The molecule has 0 aromatic heterocycles. The maximum Gasteiger partial charge on any atom is 0.123 e. The lowest BCUT2D eigenvalue weighted by atomic mass is 10.0. The van der Waals surface area contributed by atoms with Gasteiger partial charge in [0.05, 0.1) is 0 Å². The van der Waals surface area contributed by atoms with Crippen molar-refractivity contribution in [3.05, 3.63) is 31.8 Å². The van der Waals surface area contributed by atoms with Crippen LogP contribution >= 0.6 is 38.5 Å². The van der Waals surface area contributed by atoms with E-state index in [-0.39, 0.29) is 5.92 Å². The maximum atomic E-state index is 10.4. The van der Waals surface area contributed by atoms with Crippen molar-refractivity contribution in [3.63, 3.8) is 0 Å². The topological polar surface area (TPSA) is 17.1 Å². The number of halogens is 2. The first-order valence-electron chi connectivity index (χ1n) is 4.02. The van der Waals surface area contributed by atoms with Gasteiger partial charge in [-0.3, -0.25) is 0 Å². The third-order valence-electron chi connectivity index (χ3n) is 1.77. The van der Waals surface area contributed by atoms with Crippen LogP contribution in [-0.2, 0) is 11.2 Å². The van der Waals surface area contributed by atoms with Crippen LogP contribution in [-0.4, -0.2) is 6.29 Å². The van der Waals surface area contributed by atoms with Crippen LogP contribution in [0, 0.1) is 9.49 Å². The summed E-state index contributed by atoms with van der Waals surface area (Å²) in [4.78, 5) is 10.4. The van der Waals surface area contributed by atoms with Gasteiger partial charge < -0.3 is 4.79 Å². The summed E-state index contributed by atoms with van der Waals surface area (Å²) < 4.78 is 2.30. The Balaban J connectivity index is 2.79. The van der Waals surface area contributed by atoms with Crippen LogP contribution in [0.1, 0.15) is 12.5 Å². The number of rotatable bonds is 3. The second-order valence-electron chi connectivity index (χ2n) is 3.07. The average Bonchev–Trinajstić information content (AvgIpc) is 2.11. The highest BCUT2D eigenvalue weighted by Crippen LogP contribution is 2.21. The van der Waals surface area contributed by atoms with E-state index in [1.165, 1.54) is 9.13 Å². The summed E-state index contributed by atoms with van der Waals surface area (Å²) in [5.74, 6) is 0.108. The standard InChI is InChI=1S/C10H10BrIO/c1-7(6-13)4-8-2-3-9(11)10(12)5-8/h2-3,5-7H,4H2,1H3. The van der Waals surface area contributed by atoms with Crippen molar-refractivity contribution in [2.75, 3.05) is 0 Å². The Kier molecular flexibility index (Phi) is 4.38. The minimum Gasteiger partial charge on any atom is -0.303 e. The summed E-state index contributed by atoms with van der Waals surface area (Å²) in [7, 11) is 0. The summed E-state index contributed by atoms with van der Waals surface area (Å²) in [6.07, 6.45) is 1.82. The van der Waals surface area contributed by atoms with Gasteiger partial charge >= 0.3 is 0 Å². The van der Waals surface area contributed by atoms with Gasteiger partial charge in [0.15, 0.2) is 0 Å². The van der Waals surface area contributed by atoms with E-state index in [4.69, 9.17) is 0 Å². The van der Waals surface area contributed by atoms with Crippen LogP contribution in [0.5, 0.6) is 0 Å². The molecule has 0 N–H and O–H groups in total. The Labute approximate surface area is 100 Å². The minimum atomic E-state index is 0.108. The quantitative estimate of drug-likeness (QED) is 0.601. The second kappa shape index (κ2) is 5.10. The fourth-order valence-corrected chi connectivity index (χ4v) is 1.91. The Bertz CT molecular complexity index is 312. The van der Waals surface area contributed by atoms with E-state index in [1.807, 2.05) is 19.1 Å². The summed E-state index contributed by atoms with van der Waals surface area (Å²) in [6.45, 7) is 1.93. The molecule has 0 saturated heterocycles. The summed E-state index contributed by atoms with van der Waals surface area (Å²) in [5.41, 5.74) is 1.22. The molecular weight excluding hydrogens is 343 g/mol. The molecule has 1 aromatic rings. The number of aldehydes is 1. The number of carbonyl (C=O) groups excluding carboxylic acids is 1. The smallest absolute Gasteiger partial charge is 0.123 e. The van der Waals surface area contributed by atoms with Crippen molar-refractivity contribution < 1.29 is 4.79 Å². The first-order valence-corrected chi connectivity index (χ1v) is 5.90. The van der Waals surface area contributed by atoms with E-state index in [0.29, 0.717) is 0 Å². The second-order valence-corrected chi connectivity index (χ2v) is 5.08. The molecule has 1 atom stereocenters. The number of hydrogen-bond acceptors (Lipinski definition) is 1. The van der Waals surface area contributed by atoms with Crippen LogP contribution in [0.25, 0.3) is 0 Å². The lowest BCUT2D eigenvalue weighted by Gasteiger charge is -2.05. The molecule has 0 bridgehead atoms. The van der Waals surface area contributed by atoms with E-state index in [2.05, 4.69) is 44.6 Å². The van der Waals surface area contributed by atoms with Crippen LogP contribution < -0.4 is 0 Å². The Morgan fingerprint density at radius 1 is 1.62 bits per heavy atom. The number of hydrogen-bond donors (Lipinski definition) is 0. The van der Waals surface area contributed by atoms with E-state index in [1.54, 1.807) is 0 Å². The molecule has 1 nitrogen and oxygen atoms in total. The Morgan fingerprint density at radius 3 is 2.85 bits per heavy atom. The number of carbonyl (C=O) groups is 1. The maximum absolute atomic E-state index is 10.4. The van der Waals surface area contributed by atoms with Crippen LogP contribution in [0.2, 0.25) is 0 Å². The van der Waals surface area contributed by atoms with Gasteiger partial charge in [-0.25, -0.2) is 0 Å². The van der Waals surface area contributed by atoms with Gasteiger partial charge in [0.2, 0.25) is 0 Å². The average molecular weight is 353 g/mol. The molecule has 0 aliphatic carbocycles. The summed E-state index contributed by atoms with van der Waals surface area (Å²) >= 11 is 5.71. The fourth-order valence-electron chi connectivity index (χ4n) is 1.09. The Hall–Kier alpha value is 0.1000. The third-order valence-corrected chi connectivity index (χ3v) is 4.10. The van der Waals surface area contributed by atoms with Crippen molar-refractivity contribution in [2.24, 2.45) is 5.92 Å². The summed E-state index contributed by atoms with van der Waals surface area (Å²) in [6, 6.07) is 6.17. The molecular formula is C10H10BrIO. The van der Waals surface area contributed by atoms with Gasteiger partial charge in [0, 0.05) is 14.0 Å². The van der Waals surface area contributed by atoms with Crippen molar-refractivity contribution in [2.45, 2.75) is 13.3 Å². The van der Waals surface area contributed by atoms with Crippen LogP contribution in [0.3, 0.4) is 0 Å². The molecule has 0 spiro atoms. The van der Waals surface area contributed by atoms with Crippen LogP contribution in [0.15, 0.2) is 22.7 Å². The molecule has 3 heteroatoms. The monoisotopic (exact) mass is 352 g/mol. The van der Waals surface area contributed by atoms with Gasteiger partial charge in [-0.05, 0) is 62.6 Å². The van der Waals surface area contributed by atoms with E-state index in [0.717, 1.165) is 17.2 Å². The normalized spacial score (nSPS) is 12.5. The van der Waals surface area contributed by atoms with Gasteiger partial charge in [0.25, 0.3) is 0 Å². The molecule has 1 unspecified atom stereocenters. The highest BCUT2D eigenvalue weighted by Gasteiger charge is 2.03. The highest BCUT2D eigenvalue weighted by molar-refractivity contribution is 14.1. The predicted octanol–water partition coefficient (Wildman–Crippen LogP) is 3.43. The molecule has 13 heavy (non-hydrogen) atoms. The molecule has 0 heterocycles. The minimum absolute atomic E-state index is 0.108. The van der Waals surface area contributed by atoms with Crippen LogP contribution in [0.4, 0.5) is 0 Å². The Morgan fingerprint density at radius 2 is 2.31 bits per heavy atom. The first-order chi connectivity index (χ1) is 6.13. The van der Waals surface area contributed by atoms with Gasteiger partial charge in [0.1, 0.15) is 6.29 Å². The summed E-state index contributed by atoms with van der Waals surface area (Å²) in [5, 5.41) is 0. The van der Waals surface area contributed by atoms with E-state index < -0.39 is 0 Å². The molecule has 0 aliphatic heterocycles. The highest BCUT2D eigenvalue weighted by atomic mass is 127. The van der Waals surface area contributed by atoms with E-state index >= 15 is 0 Å².